The molecule has 4 aromatic rings. The van der Waals surface area contributed by atoms with Crippen molar-refractivity contribution >= 4 is 11.6 Å². The van der Waals surface area contributed by atoms with Crippen LogP contribution in [0.1, 0.15) is 11.7 Å². The van der Waals surface area contributed by atoms with Crippen molar-refractivity contribution in [3.05, 3.63) is 88.9 Å². The maximum atomic E-state index is 12.9. The monoisotopic (exact) mass is 471 g/mol. The number of benzene rings is 3. The molecule has 1 amide bonds. The van der Waals surface area contributed by atoms with Crippen molar-refractivity contribution in [3.8, 4) is 28.3 Å². The highest BCUT2D eigenvalue weighted by Crippen LogP contribution is 2.34. The van der Waals surface area contributed by atoms with Gasteiger partial charge in [-0.05, 0) is 47.5 Å². The Bertz CT molecular complexity index is 1350. The van der Waals surface area contributed by atoms with E-state index in [1.165, 1.54) is 36.4 Å². The molecule has 1 aromatic heterocycles. The van der Waals surface area contributed by atoms with Gasteiger partial charge in [-0.15, -0.1) is 13.2 Å². The van der Waals surface area contributed by atoms with Crippen molar-refractivity contribution in [1.29, 1.82) is 0 Å². The molecule has 34 heavy (non-hydrogen) atoms. The van der Waals surface area contributed by atoms with Gasteiger partial charge >= 0.3 is 12.1 Å². The van der Waals surface area contributed by atoms with Crippen molar-refractivity contribution < 1.29 is 32.3 Å². The van der Waals surface area contributed by atoms with Gasteiger partial charge in [0, 0.05) is 16.8 Å². The van der Waals surface area contributed by atoms with Gasteiger partial charge in [-0.25, -0.2) is 4.79 Å². The van der Waals surface area contributed by atoms with Gasteiger partial charge in [0.2, 0.25) is 0 Å². The first kappa shape index (κ1) is 22.8. The average molecular weight is 471 g/mol. The minimum absolute atomic E-state index is 0.176. The van der Waals surface area contributed by atoms with Crippen molar-refractivity contribution in [2.45, 2.75) is 12.5 Å². The van der Waals surface area contributed by atoms with Crippen LogP contribution in [0.15, 0.2) is 82.1 Å². The van der Waals surface area contributed by atoms with E-state index in [1.54, 1.807) is 30.3 Å². The van der Waals surface area contributed by atoms with Crippen LogP contribution in [-0.2, 0) is 4.79 Å². The summed E-state index contributed by atoms with van der Waals surface area (Å²) in [6.07, 6.45) is -6.98. The Morgan fingerprint density at radius 2 is 1.68 bits per heavy atom. The van der Waals surface area contributed by atoms with Gasteiger partial charge in [-0.1, -0.05) is 41.6 Å². The van der Waals surface area contributed by atoms with E-state index in [0.717, 1.165) is 6.07 Å². The molecule has 0 radical (unpaired) electrons. The maximum Gasteiger partial charge on any atom is 0.573 e. The van der Waals surface area contributed by atoms with E-state index in [4.69, 9.17) is 0 Å². The van der Waals surface area contributed by atoms with Crippen LogP contribution in [0.25, 0.3) is 22.5 Å². The quantitative estimate of drug-likeness (QED) is 0.387. The maximum absolute atomic E-state index is 12.9. The molecule has 1 unspecified atom stereocenters. The second-order valence-electron chi connectivity index (χ2n) is 7.08. The van der Waals surface area contributed by atoms with Crippen molar-refractivity contribution in [2.24, 2.45) is 0 Å². The zero-order valence-corrected chi connectivity index (χ0v) is 17.2. The first-order valence-corrected chi connectivity index (χ1v) is 9.80. The summed E-state index contributed by atoms with van der Waals surface area (Å²) >= 11 is 0. The van der Waals surface area contributed by atoms with E-state index >= 15 is 0 Å². The van der Waals surface area contributed by atoms with Crippen LogP contribution < -0.4 is 15.8 Å². The molecular weight excluding hydrogens is 455 g/mol. The van der Waals surface area contributed by atoms with E-state index in [-0.39, 0.29) is 17.1 Å². The Labute approximate surface area is 189 Å². The summed E-state index contributed by atoms with van der Waals surface area (Å²) < 4.78 is 47.1. The van der Waals surface area contributed by atoms with E-state index in [2.05, 4.69) is 24.7 Å². The largest absolute Gasteiger partial charge is 0.573 e. The number of aliphatic hydroxyl groups excluding tert-OH is 1. The fourth-order valence-corrected chi connectivity index (χ4v) is 3.21. The van der Waals surface area contributed by atoms with E-state index in [9.17, 15) is 27.9 Å². The van der Waals surface area contributed by atoms with Crippen LogP contribution >= 0.6 is 0 Å². The van der Waals surface area contributed by atoms with Gasteiger partial charge < -0.3 is 15.2 Å². The van der Waals surface area contributed by atoms with Gasteiger partial charge in [0.1, 0.15) is 5.75 Å². The second kappa shape index (κ2) is 9.24. The van der Waals surface area contributed by atoms with Gasteiger partial charge in [0.25, 0.3) is 5.91 Å². The molecule has 8 nitrogen and oxygen atoms in total. The summed E-state index contributed by atoms with van der Waals surface area (Å²) in [7, 11) is 0. The Morgan fingerprint density at radius 1 is 1.00 bits per heavy atom. The average Bonchev–Trinajstić information content (AvgIpc) is 3.25. The summed E-state index contributed by atoms with van der Waals surface area (Å²) in [4.78, 5) is 26.1. The van der Waals surface area contributed by atoms with Gasteiger partial charge in [0.15, 0.2) is 11.9 Å². The number of H-pyrrole nitrogens is 1. The summed E-state index contributed by atoms with van der Waals surface area (Å²) in [5.41, 5.74) is 1.55. The summed E-state index contributed by atoms with van der Waals surface area (Å²) in [5.74, 6) is -2.22. The molecule has 0 aliphatic heterocycles. The molecule has 0 spiro atoms. The van der Waals surface area contributed by atoms with Crippen molar-refractivity contribution in [2.75, 3.05) is 5.32 Å². The molecular formula is C23H16F3N3O5. The Balaban J connectivity index is 1.59. The minimum Gasteiger partial charge on any atom is -0.405 e. The van der Waals surface area contributed by atoms with Gasteiger partial charge in [0.05, 0.1) is 0 Å². The first-order chi connectivity index (χ1) is 16.2. The number of aromatic amines is 1. The zero-order valence-electron chi connectivity index (χ0n) is 17.2. The number of hydrogen-bond acceptors (Lipinski definition) is 6. The van der Waals surface area contributed by atoms with Crippen molar-refractivity contribution in [3.63, 3.8) is 0 Å². The number of carbonyl (C=O) groups is 1. The summed E-state index contributed by atoms with van der Waals surface area (Å²) in [6.45, 7) is 0. The highest BCUT2D eigenvalue weighted by Gasteiger charge is 2.34. The molecule has 11 heteroatoms. The number of ether oxygens (including phenoxy) is 1. The molecule has 1 heterocycles. The predicted molar refractivity (Wildman–Crippen MR) is 115 cm³/mol. The smallest absolute Gasteiger partial charge is 0.405 e. The lowest BCUT2D eigenvalue weighted by Gasteiger charge is -2.18. The lowest BCUT2D eigenvalue weighted by atomic mass is 9.99. The van der Waals surface area contributed by atoms with Gasteiger partial charge in [-0.3, -0.25) is 14.3 Å². The van der Waals surface area contributed by atoms with Crippen LogP contribution in [0, 0.1) is 0 Å². The standard InChI is InChI=1S/C23H16F3N3O5/c24-23(25,26)33-18-11-8-15(13-4-2-1-3-5-13)12-17(18)19(30)21(31)27-16-9-6-14(7-10-16)20-28-22(32)34-29-20/h1-12,19,30H,(H,27,31)(H,28,29,32). The second-order valence-corrected chi connectivity index (χ2v) is 7.08. The normalized spacial score (nSPS) is 12.2. The molecule has 3 aromatic carbocycles. The zero-order chi connectivity index (χ0) is 24.3. The number of aliphatic hydroxyl groups is 1. The molecule has 1 atom stereocenters. The number of hydrogen-bond donors (Lipinski definition) is 3. The van der Waals surface area contributed by atoms with Crippen LogP contribution in [0.2, 0.25) is 0 Å². The van der Waals surface area contributed by atoms with E-state index < -0.39 is 29.9 Å². The molecule has 0 aliphatic rings. The lowest BCUT2D eigenvalue weighted by Crippen LogP contribution is -2.23. The third-order valence-electron chi connectivity index (χ3n) is 4.75. The van der Waals surface area contributed by atoms with Crippen LogP contribution in [0.5, 0.6) is 5.75 Å². The molecule has 0 bridgehead atoms. The molecule has 174 valence electrons. The topological polar surface area (TPSA) is 117 Å². The minimum atomic E-state index is -5.02. The van der Waals surface area contributed by atoms with Crippen LogP contribution in [0.4, 0.5) is 18.9 Å². The number of nitrogens with zero attached hydrogens (tertiary/aromatic N) is 1. The Hall–Kier alpha value is -4.38. The number of amides is 1. The number of rotatable bonds is 6. The Morgan fingerprint density at radius 3 is 2.29 bits per heavy atom. The Kier molecular flexibility index (Phi) is 6.19. The van der Waals surface area contributed by atoms with Crippen LogP contribution in [0.3, 0.4) is 0 Å². The van der Waals surface area contributed by atoms with E-state index in [0.29, 0.717) is 16.7 Å². The number of nitrogens with one attached hydrogen (secondary N) is 2. The predicted octanol–water partition coefficient (Wildman–Crippen LogP) is 4.27. The SMILES string of the molecule is O=C(Nc1ccc(-c2noc(=O)[nH]2)cc1)C(O)c1cc(-c2ccccc2)ccc1OC(F)(F)F. The number of carbonyl (C=O) groups excluding carboxylic acids is 1. The third kappa shape index (κ3) is 5.33. The fraction of sp³-hybridized carbons (Fsp3) is 0.0870. The number of alkyl halides is 3. The molecule has 4 rings (SSSR count). The van der Waals surface area contributed by atoms with Crippen molar-refractivity contribution in [1.82, 2.24) is 10.1 Å². The number of anilines is 1. The highest BCUT2D eigenvalue weighted by molar-refractivity contribution is 5.95. The summed E-state index contributed by atoms with van der Waals surface area (Å²) in [6, 6.07) is 18.4. The lowest BCUT2D eigenvalue weighted by molar-refractivity contribution is -0.275. The molecule has 0 fully saturated rings. The van der Waals surface area contributed by atoms with Crippen LogP contribution in [-0.4, -0.2) is 27.5 Å². The molecule has 0 saturated carbocycles. The highest BCUT2D eigenvalue weighted by atomic mass is 19.4. The third-order valence-corrected chi connectivity index (χ3v) is 4.75. The number of aromatic nitrogens is 2. The van der Waals surface area contributed by atoms with E-state index in [1.807, 2.05) is 0 Å². The summed E-state index contributed by atoms with van der Waals surface area (Å²) in [5, 5.41) is 16.6. The first-order valence-electron chi connectivity index (χ1n) is 9.80. The fourth-order valence-electron chi connectivity index (χ4n) is 3.21. The van der Waals surface area contributed by atoms with Gasteiger partial charge in [-0.2, -0.15) is 0 Å². The molecule has 3 N–H and O–H groups in total. The number of halogens is 3. The molecule has 0 aliphatic carbocycles. The molecule has 0 saturated heterocycles.